The lowest BCUT2D eigenvalue weighted by molar-refractivity contribution is 0.102. The Kier molecular flexibility index (Phi) is 2.90. The molecule has 0 aliphatic carbocycles. The van der Waals surface area contributed by atoms with Gasteiger partial charge in [0, 0.05) is 18.4 Å². The fourth-order valence-electron chi connectivity index (χ4n) is 2.41. The first-order valence-corrected chi connectivity index (χ1v) is 6.49. The molecule has 7 nitrogen and oxygen atoms in total. The number of aromatic amines is 2. The fourth-order valence-corrected chi connectivity index (χ4v) is 2.41. The molecule has 3 rings (SSSR count). The van der Waals surface area contributed by atoms with Crippen LogP contribution in [0.1, 0.15) is 21.7 Å². The third kappa shape index (κ3) is 2.22. The molecule has 1 aromatic carbocycles. The third-order valence-electron chi connectivity index (χ3n) is 3.51. The summed E-state index contributed by atoms with van der Waals surface area (Å²) in [6.07, 6.45) is 0. The molecular weight excluding hydrogens is 270 g/mol. The van der Waals surface area contributed by atoms with Crippen LogP contribution < -0.4 is 11.0 Å². The number of hydrogen-bond donors (Lipinski definition) is 3. The van der Waals surface area contributed by atoms with Gasteiger partial charge in [-0.05, 0) is 32.0 Å². The van der Waals surface area contributed by atoms with Gasteiger partial charge in [0.15, 0.2) is 0 Å². The Labute approximate surface area is 120 Å². The van der Waals surface area contributed by atoms with E-state index < -0.39 is 0 Å². The zero-order valence-corrected chi connectivity index (χ0v) is 11.9. The molecular formula is C14H15N5O2. The van der Waals surface area contributed by atoms with Crippen molar-refractivity contribution in [3.63, 3.8) is 0 Å². The van der Waals surface area contributed by atoms with E-state index in [0.717, 1.165) is 5.69 Å². The smallest absolute Gasteiger partial charge is 0.322 e. The highest BCUT2D eigenvalue weighted by molar-refractivity contribution is 6.06. The van der Waals surface area contributed by atoms with E-state index in [1.54, 1.807) is 36.9 Å². The molecule has 3 N–H and O–H groups in total. The summed E-state index contributed by atoms with van der Waals surface area (Å²) in [6.45, 7) is 3.65. The SMILES string of the molecule is Cc1nn(C)c(C)c1C(=O)Nc1ccc2[nH]c(=O)[nH]c2c1. The monoisotopic (exact) mass is 285 g/mol. The highest BCUT2D eigenvalue weighted by Crippen LogP contribution is 2.18. The minimum atomic E-state index is -0.271. The number of anilines is 1. The van der Waals surface area contributed by atoms with Crippen molar-refractivity contribution >= 4 is 22.6 Å². The van der Waals surface area contributed by atoms with Crippen LogP contribution in [0.4, 0.5) is 5.69 Å². The Balaban J connectivity index is 1.94. The Morgan fingerprint density at radius 2 is 1.95 bits per heavy atom. The molecule has 7 heteroatoms. The summed E-state index contributed by atoms with van der Waals surface area (Å²) in [5.74, 6) is -0.213. The number of rotatable bonds is 2. The van der Waals surface area contributed by atoms with Crippen LogP contribution in [0.25, 0.3) is 11.0 Å². The molecule has 3 aromatic rings. The molecule has 0 unspecified atom stereocenters. The van der Waals surface area contributed by atoms with Gasteiger partial charge < -0.3 is 15.3 Å². The van der Waals surface area contributed by atoms with Gasteiger partial charge in [-0.1, -0.05) is 0 Å². The molecule has 0 radical (unpaired) electrons. The predicted octanol–water partition coefficient (Wildman–Crippen LogP) is 1.46. The van der Waals surface area contributed by atoms with Crippen LogP contribution in [0.2, 0.25) is 0 Å². The predicted molar refractivity (Wildman–Crippen MR) is 79.6 cm³/mol. The number of nitrogens with one attached hydrogen (secondary N) is 3. The van der Waals surface area contributed by atoms with Crippen molar-refractivity contribution in [1.29, 1.82) is 0 Å². The molecule has 0 aliphatic rings. The van der Waals surface area contributed by atoms with E-state index in [0.29, 0.717) is 28.0 Å². The van der Waals surface area contributed by atoms with Gasteiger partial charge in [0.2, 0.25) is 0 Å². The second-order valence-electron chi connectivity index (χ2n) is 4.96. The minimum absolute atomic E-state index is 0.213. The number of aryl methyl sites for hydroxylation is 2. The van der Waals surface area contributed by atoms with E-state index in [9.17, 15) is 9.59 Å². The van der Waals surface area contributed by atoms with Crippen molar-refractivity contribution in [1.82, 2.24) is 19.7 Å². The highest BCUT2D eigenvalue weighted by atomic mass is 16.2. The van der Waals surface area contributed by atoms with Gasteiger partial charge >= 0.3 is 5.69 Å². The second-order valence-corrected chi connectivity index (χ2v) is 4.96. The van der Waals surface area contributed by atoms with Crippen LogP contribution in [0, 0.1) is 13.8 Å². The molecule has 108 valence electrons. The number of amides is 1. The molecule has 0 bridgehead atoms. The zero-order valence-electron chi connectivity index (χ0n) is 11.9. The summed E-state index contributed by atoms with van der Waals surface area (Å²) in [4.78, 5) is 28.9. The van der Waals surface area contributed by atoms with Crippen LogP contribution in [0.3, 0.4) is 0 Å². The van der Waals surface area contributed by atoms with E-state index in [1.807, 2.05) is 6.92 Å². The van der Waals surface area contributed by atoms with Crippen molar-refractivity contribution in [3.8, 4) is 0 Å². The lowest BCUT2D eigenvalue weighted by Gasteiger charge is -2.05. The summed E-state index contributed by atoms with van der Waals surface area (Å²) in [5, 5.41) is 7.06. The van der Waals surface area contributed by atoms with E-state index in [-0.39, 0.29) is 11.6 Å². The molecule has 2 aromatic heterocycles. The van der Waals surface area contributed by atoms with Crippen LogP contribution in [-0.4, -0.2) is 25.7 Å². The van der Waals surface area contributed by atoms with Gasteiger partial charge in [-0.2, -0.15) is 5.10 Å². The van der Waals surface area contributed by atoms with Crippen LogP contribution in [-0.2, 0) is 7.05 Å². The molecule has 0 spiro atoms. The molecule has 0 atom stereocenters. The van der Waals surface area contributed by atoms with Crippen molar-refractivity contribution in [2.75, 3.05) is 5.32 Å². The first-order chi connectivity index (χ1) is 9.95. The average molecular weight is 285 g/mol. The van der Waals surface area contributed by atoms with E-state index in [2.05, 4.69) is 20.4 Å². The van der Waals surface area contributed by atoms with Crippen molar-refractivity contribution < 1.29 is 4.79 Å². The standard InChI is InChI=1S/C14H15N5O2/c1-7-12(8(2)19(3)18-7)13(20)15-9-4-5-10-11(6-9)17-14(21)16-10/h4-6H,1-3H3,(H,15,20)(H2,16,17,21). The number of nitrogens with zero attached hydrogens (tertiary/aromatic N) is 2. The molecule has 0 aliphatic heterocycles. The fraction of sp³-hybridized carbons (Fsp3) is 0.214. The topological polar surface area (TPSA) is 95.6 Å². The van der Waals surface area contributed by atoms with Crippen LogP contribution >= 0.6 is 0 Å². The second kappa shape index (κ2) is 4.62. The number of imidazole rings is 1. The molecule has 0 fully saturated rings. The molecule has 0 saturated carbocycles. The van der Waals surface area contributed by atoms with E-state index in [4.69, 9.17) is 0 Å². The summed E-state index contributed by atoms with van der Waals surface area (Å²) in [7, 11) is 1.80. The van der Waals surface area contributed by atoms with Crippen LogP contribution in [0.15, 0.2) is 23.0 Å². The molecule has 2 heterocycles. The first-order valence-electron chi connectivity index (χ1n) is 6.49. The Bertz CT molecular complexity index is 900. The largest absolute Gasteiger partial charge is 0.323 e. The molecule has 21 heavy (non-hydrogen) atoms. The number of carbonyl (C=O) groups is 1. The number of H-pyrrole nitrogens is 2. The molecule has 0 saturated heterocycles. The Morgan fingerprint density at radius 1 is 1.24 bits per heavy atom. The Morgan fingerprint density at radius 3 is 2.62 bits per heavy atom. The van der Waals surface area contributed by atoms with Crippen molar-refractivity contribution in [2.45, 2.75) is 13.8 Å². The van der Waals surface area contributed by atoms with Gasteiger partial charge in [0.05, 0.1) is 22.3 Å². The van der Waals surface area contributed by atoms with Gasteiger partial charge in [-0.15, -0.1) is 0 Å². The minimum Gasteiger partial charge on any atom is -0.322 e. The van der Waals surface area contributed by atoms with Gasteiger partial charge in [0.1, 0.15) is 0 Å². The summed E-state index contributed by atoms with van der Waals surface area (Å²) < 4.78 is 1.68. The van der Waals surface area contributed by atoms with Gasteiger partial charge in [0.25, 0.3) is 5.91 Å². The zero-order chi connectivity index (χ0) is 15.1. The summed E-state index contributed by atoms with van der Waals surface area (Å²) >= 11 is 0. The number of benzene rings is 1. The van der Waals surface area contributed by atoms with Gasteiger partial charge in [-0.25, -0.2) is 4.79 Å². The maximum Gasteiger partial charge on any atom is 0.323 e. The number of carbonyl (C=O) groups excluding carboxylic acids is 1. The van der Waals surface area contributed by atoms with E-state index in [1.165, 1.54) is 0 Å². The average Bonchev–Trinajstić information content (AvgIpc) is 2.88. The number of hydrogen-bond acceptors (Lipinski definition) is 3. The number of aromatic nitrogens is 4. The summed E-state index contributed by atoms with van der Waals surface area (Å²) in [5.41, 5.74) is 3.76. The Hall–Kier alpha value is -2.83. The normalized spacial score (nSPS) is 11.0. The van der Waals surface area contributed by atoms with Crippen molar-refractivity contribution in [3.05, 3.63) is 45.6 Å². The number of fused-ring (bicyclic) bond motifs is 1. The quantitative estimate of drug-likeness (QED) is 0.665. The molecule has 1 amide bonds. The summed E-state index contributed by atoms with van der Waals surface area (Å²) in [6, 6.07) is 5.20. The van der Waals surface area contributed by atoms with E-state index >= 15 is 0 Å². The third-order valence-corrected chi connectivity index (χ3v) is 3.51. The lowest BCUT2D eigenvalue weighted by atomic mass is 10.1. The first kappa shape index (κ1) is 13.2. The lowest BCUT2D eigenvalue weighted by Crippen LogP contribution is -2.14. The maximum atomic E-state index is 12.4. The highest BCUT2D eigenvalue weighted by Gasteiger charge is 2.17. The van der Waals surface area contributed by atoms with Crippen molar-refractivity contribution in [2.24, 2.45) is 7.05 Å². The van der Waals surface area contributed by atoms with Crippen LogP contribution in [0.5, 0.6) is 0 Å². The maximum absolute atomic E-state index is 12.4. The van der Waals surface area contributed by atoms with Gasteiger partial charge in [-0.3, -0.25) is 9.48 Å².